The van der Waals surface area contributed by atoms with Crippen molar-refractivity contribution < 1.29 is 19.7 Å². The maximum Gasteiger partial charge on any atom is 0.220 e. The normalized spacial score (nSPS) is 10.5. The average molecular weight is 329 g/mol. The van der Waals surface area contributed by atoms with Crippen LogP contribution < -0.4 is 10.1 Å². The van der Waals surface area contributed by atoms with Gasteiger partial charge in [-0.05, 0) is 61.2 Å². The Balaban J connectivity index is 2.11. The molecule has 0 fully saturated rings. The second-order valence-electron chi connectivity index (χ2n) is 5.67. The number of aliphatic hydroxyl groups is 1. The van der Waals surface area contributed by atoms with Crippen LogP contribution in [0.25, 0.3) is 0 Å². The smallest absolute Gasteiger partial charge is 0.220 e. The van der Waals surface area contributed by atoms with Crippen LogP contribution in [0.4, 0.5) is 0 Å². The molecule has 3 N–H and O–H groups in total. The van der Waals surface area contributed by atoms with Gasteiger partial charge in [-0.1, -0.05) is 12.1 Å². The molecule has 5 nitrogen and oxygen atoms in total. The predicted octanol–water partition coefficient (Wildman–Crippen LogP) is 2.84. The quantitative estimate of drug-likeness (QED) is 0.730. The lowest BCUT2D eigenvalue weighted by Gasteiger charge is -2.15. The summed E-state index contributed by atoms with van der Waals surface area (Å²) in [6, 6.07) is 10.6. The molecule has 0 radical (unpaired) electrons. The zero-order valence-electron chi connectivity index (χ0n) is 14.0. The zero-order valence-corrected chi connectivity index (χ0v) is 14.0. The first-order valence-electron chi connectivity index (χ1n) is 7.94. The van der Waals surface area contributed by atoms with Crippen molar-refractivity contribution in [1.82, 2.24) is 5.32 Å². The van der Waals surface area contributed by atoms with Crippen LogP contribution in [0.3, 0.4) is 0 Å². The molecule has 0 unspecified atom stereocenters. The van der Waals surface area contributed by atoms with Gasteiger partial charge in [-0.25, -0.2) is 0 Å². The largest absolute Gasteiger partial charge is 0.508 e. The molecule has 0 bridgehead atoms. The predicted molar refractivity (Wildman–Crippen MR) is 92.5 cm³/mol. The number of nitrogens with one attached hydrogen (secondary N) is 1. The van der Waals surface area contributed by atoms with Gasteiger partial charge in [0.05, 0.1) is 6.61 Å². The number of ether oxygens (including phenoxy) is 1. The number of carbonyl (C=O) groups excluding carboxylic acids is 1. The van der Waals surface area contributed by atoms with E-state index in [0.717, 1.165) is 22.4 Å². The summed E-state index contributed by atoms with van der Waals surface area (Å²) in [5, 5.41) is 20.7. The highest BCUT2D eigenvalue weighted by Gasteiger charge is 2.11. The first-order chi connectivity index (χ1) is 11.5. The van der Waals surface area contributed by atoms with Crippen LogP contribution in [0.5, 0.6) is 17.2 Å². The van der Waals surface area contributed by atoms with Gasteiger partial charge < -0.3 is 20.3 Å². The number of phenolic OH excluding ortho intramolecular Hbond substituents is 1. The highest BCUT2D eigenvalue weighted by molar-refractivity contribution is 5.76. The Labute approximate surface area is 141 Å². The van der Waals surface area contributed by atoms with Crippen molar-refractivity contribution in [1.29, 1.82) is 0 Å². The minimum Gasteiger partial charge on any atom is -0.508 e. The third-order valence-corrected chi connectivity index (χ3v) is 3.83. The van der Waals surface area contributed by atoms with Crippen molar-refractivity contribution >= 4 is 5.91 Å². The number of carbonyl (C=O) groups is 1. The van der Waals surface area contributed by atoms with E-state index in [2.05, 4.69) is 5.32 Å². The van der Waals surface area contributed by atoms with Crippen LogP contribution in [0.15, 0.2) is 36.4 Å². The van der Waals surface area contributed by atoms with Crippen molar-refractivity contribution in [2.75, 3.05) is 13.2 Å². The van der Waals surface area contributed by atoms with Crippen molar-refractivity contribution in [2.45, 2.75) is 26.7 Å². The Morgan fingerprint density at radius 2 is 1.83 bits per heavy atom. The lowest BCUT2D eigenvalue weighted by Crippen LogP contribution is -2.26. The van der Waals surface area contributed by atoms with Gasteiger partial charge in [-0.2, -0.15) is 0 Å². The van der Waals surface area contributed by atoms with Crippen molar-refractivity contribution in [2.24, 2.45) is 0 Å². The molecule has 0 atom stereocenters. The molecule has 2 aromatic rings. The topological polar surface area (TPSA) is 78.8 Å². The Kier molecular flexibility index (Phi) is 6.21. The Morgan fingerprint density at radius 1 is 1.12 bits per heavy atom. The summed E-state index contributed by atoms with van der Waals surface area (Å²) < 4.78 is 5.96. The highest BCUT2D eigenvalue weighted by atomic mass is 16.5. The second-order valence-corrected chi connectivity index (χ2v) is 5.67. The van der Waals surface area contributed by atoms with Gasteiger partial charge in [-0.15, -0.1) is 0 Å². The summed E-state index contributed by atoms with van der Waals surface area (Å²) in [6.45, 7) is 4.17. The molecule has 24 heavy (non-hydrogen) atoms. The van der Waals surface area contributed by atoms with Gasteiger partial charge >= 0.3 is 0 Å². The van der Waals surface area contributed by atoms with Crippen LogP contribution in [0.1, 0.15) is 23.1 Å². The molecule has 128 valence electrons. The van der Waals surface area contributed by atoms with Crippen molar-refractivity contribution in [3.05, 3.63) is 53.1 Å². The number of hydrogen-bond donors (Lipinski definition) is 3. The van der Waals surface area contributed by atoms with E-state index < -0.39 is 0 Å². The van der Waals surface area contributed by atoms with Crippen molar-refractivity contribution in [3.63, 3.8) is 0 Å². The van der Waals surface area contributed by atoms with Gasteiger partial charge in [0.2, 0.25) is 5.91 Å². The van der Waals surface area contributed by atoms with E-state index in [1.165, 1.54) is 0 Å². The molecule has 0 heterocycles. The monoisotopic (exact) mass is 329 g/mol. The molecule has 5 heteroatoms. The van der Waals surface area contributed by atoms with Gasteiger partial charge in [0, 0.05) is 13.0 Å². The number of rotatable bonds is 7. The lowest BCUT2D eigenvalue weighted by atomic mass is 10.00. The van der Waals surface area contributed by atoms with Gasteiger partial charge in [0.15, 0.2) is 0 Å². The molecule has 0 saturated heterocycles. The molecule has 0 aromatic heterocycles. The van der Waals surface area contributed by atoms with Gasteiger partial charge in [0.1, 0.15) is 17.2 Å². The molecule has 0 saturated carbocycles. The number of aryl methyl sites for hydroxylation is 2. The average Bonchev–Trinajstić information content (AvgIpc) is 2.57. The molecule has 0 spiro atoms. The van der Waals surface area contributed by atoms with E-state index in [9.17, 15) is 9.90 Å². The van der Waals surface area contributed by atoms with E-state index >= 15 is 0 Å². The summed E-state index contributed by atoms with van der Waals surface area (Å²) in [6.07, 6.45) is 0.970. The zero-order chi connectivity index (χ0) is 17.5. The standard InChI is InChI=1S/C19H23NO4/c1-13-3-4-15(5-10-18(23)20-11-12-21)14(2)19(13)24-17-8-6-16(22)7-9-17/h3-4,6-9,21-22H,5,10-12H2,1-2H3,(H,20,23). The van der Waals surface area contributed by atoms with Gasteiger partial charge in [0.25, 0.3) is 0 Å². The highest BCUT2D eigenvalue weighted by Crippen LogP contribution is 2.32. The number of amides is 1. The summed E-state index contributed by atoms with van der Waals surface area (Å²) in [7, 11) is 0. The molecule has 2 aromatic carbocycles. The van der Waals surface area contributed by atoms with Crippen LogP contribution in [0, 0.1) is 13.8 Å². The maximum absolute atomic E-state index is 11.7. The third kappa shape index (κ3) is 4.73. The fourth-order valence-electron chi connectivity index (χ4n) is 2.46. The number of phenols is 1. The van der Waals surface area contributed by atoms with E-state index in [-0.39, 0.29) is 24.8 Å². The molecule has 0 aliphatic carbocycles. The first-order valence-corrected chi connectivity index (χ1v) is 7.94. The van der Waals surface area contributed by atoms with Crippen LogP contribution >= 0.6 is 0 Å². The summed E-state index contributed by atoms with van der Waals surface area (Å²) in [4.78, 5) is 11.7. The minimum atomic E-state index is -0.0787. The fraction of sp³-hybridized carbons (Fsp3) is 0.316. The SMILES string of the molecule is Cc1ccc(CCC(=O)NCCO)c(C)c1Oc1ccc(O)cc1. The van der Waals surface area contributed by atoms with Crippen molar-refractivity contribution in [3.8, 4) is 17.2 Å². The molecule has 0 aliphatic heterocycles. The molecule has 1 amide bonds. The Bertz CT molecular complexity index is 695. The molecule has 0 aliphatic rings. The minimum absolute atomic E-state index is 0.0556. The van der Waals surface area contributed by atoms with Crippen LogP contribution in [-0.2, 0) is 11.2 Å². The summed E-state index contributed by atoms with van der Waals surface area (Å²) in [5.74, 6) is 1.54. The van der Waals surface area contributed by atoms with Gasteiger partial charge in [-0.3, -0.25) is 4.79 Å². The molecule has 2 rings (SSSR count). The third-order valence-electron chi connectivity index (χ3n) is 3.83. The fourth-order valence-corrected chi connectivity index (χ4v) is 2.46. The lowest BCUT2D eigenvalue weighted by molar-refractivity contribution is -0.121. The Morgan fingerprint density at radius 3 is 2.50 bits per heavy atom. The number of hydrogen-bond acceptors (Lipinski definition) is 4. The van der Waals surface area contributed by atoms with E-state index in [4.69, 9.17) is 9.84 Å². The second kappa shape index (κ2) is 8.36. The van der Waals surface area contributed by atoms with Crippen LogP contribution in [-0.4, -0.2) is 29.3 Å². The summed E-state index contributed by atoms with van der Waals surface area (Å²) >= 11 is 0. The van der Waals surface area contributed by atoms with E-state index in [0.29, 0.717) is 18.6 Å². The maximum atomic E-state index is 11.7. The number of benzene rings is 2. The first kappa shape index (κ1) is 17.8. The summed E-state index contributed by atoms with van der Waals surface area (Å²) in [5.41, 5.74) is 3.06. The van der Waals surface area contributed by atoms with E-state index in [1.54, 1.807) is 24.3 Å². The number of aromatic hydroxyl groups is 1. The molecular weight excluding hydrogens is 306 g/mol. The van der Waals surface area contributed by atoms with Crippen LogP contribution in [0.2, 0.25) is 0 Å². The molecular formula is C19H23NO4. The van der Waals surface area contributed by atoms with E-state index in [1.807, 2.05) is 26.0 Å². The Hall–Kier alpha value is -2.53. The number of aliphatic hydroxyl groups excluding tert-OH is 1.